The Labute approximate surface area is 117 Å². The quantitative estimate of drug-likeness (QED) is 0.672. The molecule has 1 aliphatic heterocycles. The lowest BCUT2D eigenvalue weighted by atomic mass is 10.1. The minimum absolute atomic E-state index is 0.0824. The molecule has 0 bridgehead atoms. The zero-order valence-corrected chi connectivity index (χ0v) is 11.6. The standard InChI is InChI=1S/C12H15NO2.CH2Cl2/c14-12(10-4-2-1-3-5-10)15-11-6-8-13-9-7-11;2-1-3/h1-5,11,13H,6-9H2;1H2. The summed E-state index contributed by atoms with van der Waals surface area (Å²) in [6, 6.07) is 9.15. The van der Waals surface area contributed by atoms with Gasteiger partial charge in [-0.1, -0.05) is 18.2 Å². The molecule has 0 atom stereocenters. The van der Waals surface area contributed by atoms with Crippen molar-refractivity contribution in [3.05, 3.63) is 35.9 Å². The van der Waals surface area contributed by atoms with Crippen LogP contribution in [0.4, 0.5) is 0 Å². The number of carbonyl (C=O) groups is 1. The molecule has 1 heterocycles. The van der Waals surface area contributed by atoms with Crippen molar-refractivity contribution >= 4 is 29.2 Å². The van der Waals surface area contributed by atoms with Gasteiger partial charge in [-0.3, -0.25) is 0 Å². The third-order valence-corrected chi connectivity index (χ3v) is 2.57. The molecular weight excluding hydrogens is 273 g/mol. The Morgan fingerprint density at radius 2 is 1.78 bits per heavy atom. The summed E-state index contributed by atoms with van der Waals surface area (Å²) in [5.74, 6) is -0.206. The zero-order valence-electron chi connectivity index (χ0n) is 10.1. The molecule has 0 spiro atoms. The van der Waals surface area contributed by atoms with Crippen LogP contribution in [0.1, 0.15) is 23.2 Å². The van der Waals surface area contributed by atoms with E-state index in [1.165, 1.54) is 0 Å². The van der Waals surface area contributed by atoms with Crippen molar-refractivity contribution in [1.82, 2.24) is 5.32 Å². The van der Waals surface area contributed by atoms with Gasteiger partial charge in [-0.25, -0.2) is 4.79 Å². The highest BCUT2D eigenvalue weighted by molar-refractivity contribution is 6.40. The molecule has 1 aliphatic rings. The Bertz CT molecular complexity index is 340. The molecule has 1 fully saturated rings. The van der Waals surface area contributed by atoms with Crippen LogP contribution in [-0.4, -0.2) is 30.5 Å². The average Bonchev–Trinajstić information content (AvgIpc) is 2.42. The molecule has 18 heavy (non-hydrogen) atoms. The van der Waals surface area contributed by atoms with Gasteiger partial charge in [-0.05, 0) is 38.1 Å². The Balaban J connectivity index is 0.000000492. The molecule has 0 unspecified atom stereocenters. The van der Waals surface area contributed by atoms with Crippen LogP contribution in [0.15, 0.2) is 30.3 Å². The molecule has 1 saturated heterocycles. The number of alkyl halides is 2. The van der Waals surface area contributed by atoms with Crippen LogP contribution in [0.3, 0.4) is 0 Å². The van der Waals surface area contributed by atoms with Gasteiger partial charge >= 0.3 is 5.97 Å². The number of nitrogens with one attached hydrogen (secondary N) is 1. The number of hydrogen-bond donors (Lipinski definition) is 1. The normalized spacial score (nSPS) is 15.4. The highest BCUT2D eigenvalue weighted by Gasteiger charge is 2.17. The van der Waals surface area contributed by atoms with Crippen LogP contribution in [0.25, 0.3) is 0 Å². The summed E-state index contributed by atoms with van der Waals surface area (Å²) in [6.45, 7) is 1.87. The average molecular weight is 290 g/mol. The maximum atomic E-state index is 11.7. The molecule has 2 rings (SSSR count). The first-order valence-corrected chi connectivity index (χ1v) is 6.93. The van der Waals surface area contributed by atoms with Gasteiger partial charge in [0.2, 0.25) is 0 Å². The number of rotatable bonds is 2. The maximum Gasteiger partial charge on any atom is 0.338 e. The van der Waals surface area contributed by atoms with E-state index in [1.54, 1.807) is 12.1 Å². The lowest BCUT2D eigenvalue weighted by Gasteiger charge is -2.22. The largest absolute Gasteiger partial charge is 0.459 e. The summed E-state index contributed by atoms with van der Waals surface area (Å²) in [5, 5.41) is 3.43. The first-order valence-electron chi connectivity index (χ1n) is 5.86. The fourth-order valence-corrected chi connectivity index (χ4v) is 1.71. The van der Waals surface area contributed by atoms with Gasteiger partial charge < -0.3 is 10.1 Å². The van der Waals surface area contributed by atoms with Crippen molar-refractivity contribution in [3.8, 4) is 0 Å². The van der Waals surface area contributed by atoms with Crippen LogP contribution in [-0.2, 0) is 4.74 Å². The van der Waals surface area contributed by atoms with Crippen LogP contribution < -0.4 is 5.32 Å². The molecule has 5 heteroatoms. The van der Waals surface area contributed by atoms with Crippen molar-refractivity contribution in [2.45, 2.75) is 18.9 Å². The van der Waals surface area contributed by atoms with Crippen molar-refractivity contribution in [2.75, 3.05) is 18.4 Å². The predicted molar refractivity (Wildman–Crippen MR) is 74.3 cm³/mol. The lowest BCUT2D eigenvalue weighted by Crippen LogP contribution is -2.33. The molecular formula is C13H17Cl2NO2. The molecule has 0 aliphatic carbocycles. The van der Waals surface area contributed by atoms with Crippen molar-refractivity contribution in [3.63, 3.8) is 0 Å². The van der Waals surface area contributed by atoms with Gasteiger partial charge in [-0.15, -0.1) is 23.2 Å². The number of carbonyl (C=O) groups excluding carboxylic acids is 1. The summed E-state index contributed by atoms with van der Waals surface area (Å²) in [5.41, 5.74) is 0.635. The van der Waals surface area contributed by atoms with Gasteiger partial charge in [0.1, 0.15) is 6.10 Å². The third-order valence-electron chi connectivity index (χ3n) is 2.57. The Kier molecular flexibility index (Phi) is 7.81. The molecule has 1 aromatic rings. The number of ether oxygens (including phenoxy) is 1. The fourth-order valence-electron chi connectivity index (χ4n) is 1.71. The zero-order chi connectivity index (χ0) is 13.2. The van der Waals surface area contributed by atoms with E-state index in [0.717, 1.165) is 25.9 Å². The van der Waals surface area contributed by atoms with E-state index in [4.69, 9.17) is 27.9 Å². The van der Waals surface area contributed by atoms with E-state index in [0.29, 0.717) is 5.56 Å². The topological polar surface area (TPSA) is 38.3 Å². The first-order chi connectivity index (χ1) is 8.77. The summed E-state index contributed by atoms with van der Waals surface area (Å²) in [6.07, 6.45) is 1.91. The van der Waals surface area contributed by atoms with Crippen LogP contribution >= 0.6 is 23.2 Å². The van der Waals surface area contributed by atoms with Crippen LogP contribution in [0.2, 0.25) is 0 Å². The molecule has 100 valence electrons. The molecule has 0 radical (unpaired) electrons. The second kappa shape index (κ2) is 9.20. The van der Waals surface area contributed by atoms with E-state index in [-0.39, 0.29) is 17.4 Å². The second-order valence-corrected chi connectivity index (χ2v) is 4.63. The molecule has 0 amide bonds. The van der Waals surface area contributed by atoms with Gasteiger partial charge in [0, 0.05) is 0 Å². The SMILES string of the molecule is ClCCl.O=C(OC1CCNCC1)c1ccccc1. The maximum absolute atomic E-state index is 11.7. The molecule has 0 aromatic heterocycles. The Hall–Kier alpha value is -0.770. The minimum atomic E-state index is -0.206. The van der Waals surface area contributed by atoms with E-state index in [2.05, 4.69) is 5.32 Å². The molecule has 1 N–H and O–H groups in total. The predicted octanol–water partition coefficient (Wildman–Crippen LogP) is 3.02. The highest BCUT2D eigenvalue weighted by atomic mass is 35.5. The smallest absolute Gasteiger partial charge is 0.338 e. The molecule has 0 saturated carbocycles. The Morgan fingerprint density at radius 3 is 2.33 bits per heavy atom. The van der Waals surface area contributed by atoms with Crippen LogP contribution in [0, 0.1) is 0 Å². The van der Waals surface area contributed by atoms with E-state index < -0.39 is 0 Å². The number of esters is 1. The van der Waals surface area contributed by atoms with Crippen molar-refractivity contribution in [1.29, 1.82) is 0 Å². The highest BCUT2D eigenvalue weighted by Crippen LogP contribution is 2.10. The third kappa shape index (κ3) is 5.71. The number of piperidine rings is 1. The molecule has 3 nitrogen and oxygen atoms in total. The fraction of sp³-hybridized carbons (Fsp3) is 0.462. The van der Waals surface area contributed by atoms with Crippen LogP contribution in [0.5, 0.6) is 0 Å². The first kappa shape index (κ1) is 15.3. The van der Waals surface area contributed by atoms with Gasteiger partial charge in [0.05, 0.1) is 10.9 Å². The summed E-state index contributed by atoms with van der Waals surface area (Å²) in [7, 11) is 0. The van der Waals surface area contributed by atoms with Gasteiger partial charge in [0.15, 0.2) is 0 Å². The number of halogens is 2. The lowest BCUT2D eigenvalue weighted by molar-refractivity contribution is 0.0229. The van der Waals surface area contributed by atoms with Crippen molar-refractivity contribution < 1.29 is 9.53 Å². The van der Waals surface area contributed by atoms with Gasteiger partial charge in [0.25, 0.3) is 0 Å². The minimum Gasteiger partial charge on any atom is -0.459 e. The summed E-state index contributed by atoms with van der Waals surface area (Å²) >= 11 is 9.53. The summed E-state index contributed by atoms with van der Waals surface area (Å²) in [4.78, 5) is 11.7. The van der Waals surface area contributed by atoms with E-state index >= 15 is 0 Å². The van der Waals surface area contributed by atoms with Crippen molar-refractivity contribution in [2.24, 2.45) is 0 Å². The molecule has 1 aromatic carbocycles. The number of benzene rings is 1. The monoisotopic (exact) mass is 289 g/mol. The number of hydrogen-bond acceptors (Lipinski definition) is 3. The van der Waals surface area contributed by atoms with E-state index in [9.17, 15) is 4.79 Å². The van der Waals surface area contributed by atoms with Gasteiger partial charge in [-0.2, -0.15) is 0 Å². The van der Waals surface area contributed by atoms with E-state index in [1.807, 2.05) is 18.2 Å². The summed E-state index contributed by atoms with van der Waals surface area (Å²) < 4.78 is 5.40. The Morgan fingerprint density at radius 1 is 1.22 bits per heavy atom. The second-order valence-electron chi connectivity index (χ2n) is 3.82.